The van der Waals surface area contributed by atoms with Crippen molar-refractivity contribution in [1.29, 1.82) is 0 Å². The third kappa shape index (κ3) is 1.90. The number of hydrogen-bond acceptors (Lipinski definition) is 3. The first kappa shape index (κ1) is 12.3. The number of carbonyl (C=O) groups excluding carboxylic acids is 1. The Labute approximate surface area is 102 Å². The zero-order valence-corrected chi connectivity index (χ0v) is 10.2. The van der Waals surface area contributed by atoms with Crippen molar-refractivity contribution in [3.8, 4) is 0 Å². The Bertz CT molecular complexity index is 634. The lowest BCUT2D eigenvalue weighted by Gasteiger charge is -2.03. The minimum Gasteiger partial charge on any atom is -0.288 e. The Kier molecular flexibility index (Phi) is 2.94. The Morgan fingerprint density at radius 1 is 1.33 bits per heavy atom. The van der Waals surface area contributed by atoms with E-state index < -0.39 is 17.5 Å². The summed E-state index contributed by atoms with van der Waals surface area (Å²) in [6.45, 7) is 3.35. The van der Waals surface area contributed by atoms with Crippen LogP contribution in [0.2, 0.25) is 0 Å². The molecule has 0 saturated heterocycles. The third-order valence-electron chi connectivity index (χ3n) is 2.80. The molecule has 0 aromatic carbocycles. The van der Waals surface area contributed by atoms with E-state index in [0.717, 1.165) is 6.07 Å². The van der Waals surface area contributed by atoms with Crippen molar-refractivity contribution >= 4 is 5.78 Å². The summed E-state index contributed by atoms with van der Waals surface area (Å²) in [6.07, 6.45) is 0.698. The Morgan fingerprint density at radius 3 is 2.56 bits per heavy atom. The molecule has 0 N–H and O–H groups in total. The van der Waals surface area contributed by atoms with Crippen molar-refractivity contribution in [2.45, 2.75) is 13.8 Å². The number of hydrogen-bond donors (Lipinski definition) is 0. The molecule has 2 rings (SSSR count). The molecule has 0 aliphatic heterocycles. The van der Waals surface area contributed by atoms with Gasteiger partial charge in [0.25, 0.3) is 0 Å². The van der Waals surface area contributed by atoms with Crippen molar-refractivity contribution in [1.82, 2.24) is 14.8 Å². The van der Waals surface area contributed by atoms with Crippen LogP contribution in [-0.2, 0) is 7.05 Å². The summed E-state index contributed by atoms with van der Waals surface area (Å²) in [7, 11) is 1.68. The topological polar surface area (TPSA) is 47.8 Å². The van der Waals surface area contributed by atoms with E-state index in [4.69, 9.17) is 0 Å². The van der Waals surface area contributed by atoms with Gasteiger partial charge in [-0.1, -0.05) is 0 Å². The maximum Gasteiger partial charge on any atom is 0.213 e. The molecule has 0 fully saturated rings. The molecule has 0 unspecified atom stereocenters. The van der Waals surface area contributed by atoms with Crippen LogP contribution in [-0.4, -0.2) is 20.5 Å². The molecule has 0 aliphatic rings. The van der Waals surface area contributed by atoms with E-state index in [0.29, 0.717) is 23.1 Å². The maximum absolute atomic E-state index is 13.5. The fourth-order valence-corrected chi connectivity index (χ4v) is 1.82. The van der Waals surface area contributed by atoms with Crippen molar-refractivity contribution in [2.24, 2.45) is 7.05 Å². The zero-order chi connectivity index (χ0) is 13.4. The molecule has 0 radical (unpaired) electrons. The lowest BCUT2D eigenvalue weighted by Crippen LogP contribution is -2.08. The SMILES string of the molecule is Cc1nn(C)c(C)c1C(=O)c1cc(F)ncc1F. The lowest BCUT2D eigenvalue weighted by atomic mass is 10.0. The van der Waals surface area contributed by atoms with Crippen LogP contribution in [0.4, 0.5) is 8.78 Å². The van der Waals surface area contributed by atoms with E-state index >= 15 is 0 Å². The second kappa shape index (κ2) is 4.29. The molecule has 0 bridgehead atoms. The number of carbonyl (C=O) groups is 1. The van der Waals surface area contributed by atoms with E-state index in [-0.39, 0.29) is 5.56 Å². The standard InChI is InChI=1S/C12H11F2N3O/c1-6-11(7(2)17(3)16-6)12(18)8-4-10(14)15-5-9(8)13/h4-5H,1-3H3. The van der Waals surface area contributed by atoms with Gasteiger partial charge < -0.3 is 0 Å². The fraction of sp³-hybridized carbons (Fsp3) is 0.250. The molecule has 2 aromatic rings. The summed E-state index contributed by atoms with van der Waals surface area (Å²) in [5.41, 5.74) is 1.05. The summed E-state index contributed by atoms with van der Waals surface area (Å²) in [4.78, 5) is 15.3. The van der Waals surface area contributed by atoms with Gasteiger partial charge in [0, 0.05) is 18.8 Å². The Hall–Kier alpha value is -2.11. The Morgan fingerprint density at radius 2 is 2.00 bits per heavy atom. The molecule has 6 heteroatoms. The van der Waals surface area contributed by atoms with Gasteiger partial charge in [0.2, 0.25) is 5.95 Å². The van der Waals surface area contributed by atoms with Gasteiger partial charge in [-0.15, -0.1) is 0 Å². The van der Waals surface area contributed by atoms with Crippen LogP contribution in [0.5, 0.6) is 0 Å². The van der Waals surface area contributed by atoms with Crippen molar-refractivity contribution in [3.05, 3.63) is 46.5 Å². The quantitative estimate of drug-likeness (QED) is 0.605. The molecule has 4 nitrogen and oxygen atoms in total. The highest BCUT2D eigenvalue weighted by Gasteiger charge is 2.22. The average Bonchev–Trinajstić information content (AvgIpc) is 2.56. The predicted octanol–water partition coefficient (Wildman–Crippen LogP) is 1.94. The van der Waals surface area contributed by atoms with Crippen molar-refractivity contribution in [3.63, 3.8) is 0 Å². The minimum atomic E-state index is -0.890. The van der Waals surface area contributed by atoms with Crippen LogP contribution < -0.4 is 0 Å². The van der Waals surface area contributed by atoms with Crippen molar-refractivity contribution in [2.75, 3.05) is 0 Å². The summed E-state index contributed by atoms with van der Waals surface area (Å²) >= 11 is 0. The highest BCUT2D eigenvalue weighted by Crippen LogP contribution is 2.19. The third-order valence-corrected chi connectivity index (χ3v) is 2.80. The first-order chi connectivity index (χ1) is 8.41. The number of pyridine rings is 1. The molecule has 0 spiro atoms. The number of aromatic nitrogens is 3. The normalized spacial score (nSPS) is 10.7. The molecular weight excluding hydrogens is 240 g/mol. The second-order valence-corrected chi connectivity index (χ2v) is 3.99. The maximum atomic E-state index is 13.5. The number of nitrogens with zero attached hydrogens (tertiary/aromatic N) is 3. The number of ketones is 1. The highest BCUT2D eigenvalue weighted by molar-refractivity contribution is 6.10. The summed E-state index contributed by atoms with van der Waals surface area (Å²) in [5.74, 6) is -2.32. The minimum absolute atomic E-state index is 0.294. The smallest absolute Gasteiger partial charge is 0.213 e. The molecular formula is C12H11F2N3O. The second-order valence-electron chi connectivity index (χ2n) is 3.99. The summed E-state index contributed by atoms with van der Waals surface area (Å²) in [6, 6.07) is 0.795. The van der Waals surface area contributed by atoms with Crippen LogP contribution in [0.25, 0.3) is 0 Å². The van der Waals surface area contributed by atoms with Crippen LogP contribution >= 0.6 is 0 Å². The largest absolute Gasteiger partial charge is 0.288 e. The van der Waals surface area contributed by atoms with E-state index in [1.54, 1.807) is 20.9 Å². The van der Waals surface area contributed by atoms with Crippen LogP contribution in [0, 0.1) is 25.6 Å². The van der Waals surface area contributed by atoms with E-state index in [9.17, 15) is 13.6 Å². The van der Waals surface area contributed by atoms with E-state index in [1.165, 1.54) is 4.68 Å². The fourth-order valence-electron chi connectivity index (χ4n) is 1.82. The Balaban J connectivity index is 2.58. The summed E-state index contributed by atoms with van der Waals surface area (Å²) in [5, 5.41) is 4.07. The molecule has 2 heterocycles. The van der Waals surface area contributed by atoms with E-state index in [2.05, 4.69) is 10.1 Å². The number of aryl methyl sites for hydroxylation is 2. The van der Waals surface area contributed by atoms with Crippen LogP contribution in [0.3, 0.4) is 0 Å². The highest BCUT2D eigenvalue weighted by atomic mass is 19.1. The lowest BCUT2D eigenvalue weighted by molar-refractivity contribution is 0.103. The molecule has 0 saturated carbocycles. The van der Waals surface area contributed by atoms with Gasteiger partial charge in [0.15, 0.2) is 11.6 Å². The zero-order valence-electron chi connectivity index (χ0n) is 10.2. The van der Waals surface area contributed by atoms with Gasteiger partial charge in [-0.2, -0.15) is 9.49 Å². The molecule has 2 aromatic heterocycles. The molecule has 94 valence electrons. The van der Waals surface area contributed by atoms with Crippen LogP contribution in [0.15, 0.2) is 12.3 Å². The first-order valence-electron chi connectivity index (χ1n) is 5.27. The predicted molar refractivity (Wildman–Crippen MR) is 60.3 cm³/mol. The van der Waals surface area contributed by atoms with Gasteiger partial charge >= 0.3 is 0 Å². The van der Waals surface area contributed by atoms with Crippen LogP contribution in [0.1, 0.15) is 27.3 Å². The van der Waals surface area contributed by atoms with Crippen molar-refractivity contribution < 1.29 is 13.6 Å². The van der Waals surface area contributed by atoms with Gasteiger partial charge in [-0.25, -0.2) is 9.37 Å². The monoisotopic (exact) mass is 251 g/mol. The summed E-state index contributed by atoms with van der Waals surface area (Å²) < 4.78 is 28.0. The van der Waals surface area contributed by atoms with Gasteiger partial charge in [0.1, 0.15) is 0 Å². The molecule has 18 heavy (non-hydrogen) atoms. The first-order valence-corrected chi connectivity index (χ1v) is 5.27. The number of halogens is 2. The molecule has 0 aliphatic carbocycles. The van der Waals surface area contributed by atoms with Gasteiger partial charge in [-0.05, 0) is 13.8 Å². The number of rotatable bonds is 2. The van der Waals surface area contributed by atoms with Gasteiger partial charge in [0.05, 0.1) is 23.0 Å². The molecule has 0 atom stereocenters. The molecule has 0 amide bonds. The van der Waals surface area contributed by atoms with E-state index in [1.807, 2.05) is 0 Å². The van der Waals surface area contributed by atoms with Gasteiger partial charge in [-0.3, -0.25) is 9.48 Å². The average molecular weight is 251 g/mol.